The molecule has 0 unspecified atom stereocenters. The molecule has 0 aliphatic rings. The van der Waals surface area contributed by atoms with Crippen LogP contribution < -0.4 is 11.3 Å². The van der Waals surface area contributed by atoms with E-state index in [9.17, 15) is 9.59 Å². The van der Waals surface area contributed by atoms with Gasteiger partial charge in [0.2, 0.25) is 11.8 Å². The summed E-state index contributed by atoms with van der Waals surface area (Å²) >= 11 is 0. The fraction of sp³-hybridized carbons (Fsp3) is 0.0833. The molecule has 0 amide bonds. The first-order chi connectivity index (χ1) is 16.5. The van der Waals surface area contributed by atoms with Crippen molar-refractivity contribution < 1.29 is 8.83 Å². The van der Waals surface area contributed by atoms with E-state index in [0.29, 0.717) is 33.8 Å². The lowest BCUT2D eigenvalue weighted by Gasteiger charge is -1.99. The molecule has 168 valence electrons. The molecule has 6 rings (SSSR count). The summed E-state index contributed by atoms with van der Waals surface area (Å²) in [6.45, 7) is 0. The van der Waals surface area contributed by atoms with E-state index in [2.05, 4.69) is 20.2 Å². The van der Waals surface area contributed by atoms with Gasteiger partial charge in [-0.25, -0.2) is 9.59 Å². The van der Waals surface area contributed by atoms with Gasteiger partial charge in [0.05, 0.1) is 12.4 Å². The minimum atomic E-state index is -0.415. The molecule has 0 radical (unpaired) electrons. The van der Waals surface area contributed by atoms with Crippen LogP contribution in [0.3, 0.4) is 0 Å². The molecule has 0 aliphatic heterocycles. The molecular formula is C24H18N6O4. The minimum absolute atomic E-state index is 0.312. The number of nitrogens with zero attached hydrogens (tertiary/aromatic N) is 6. The molecule has 0 saturated heterocycles. The van der Waals surface area contributed by atoms with Crippen molar-refractivity contribution in [3.05, 3.63) is 93.9 Å². The molecule has 2 aromatic carbocycles. The van der Waals surface area contributed by atoms with Gasteiger partial charge in [-0.15, -0.1) is 0 Å². The third kappa shape index (κ3) is 3.88. The topological polar surface area (TPSA) is 122 Å². The first-order valence-corrected chi connectivity index (χ1v) is 10.3. The van der Waals surface area contributed by atoms with E-state index in [1.54, 1.807) is 23.5 Å². The van der Waals surface area contributed by atoms with Gasteiger partial charge in [-0.3, -0.25) is 9.36 Å². The predicted octanol–water partition coefficient (Wildman–Crippen LogP) is 3.18. The lowest BCUT2D eigenvalue weighted by atomic mass is 10.2. The van der Waals surface area contributed by atoms with Crippen LogP contribution in [0.5, 0.6) is 0 Å². The number of hydrogen-bond acceptors (Lipinski definition) is 8. The van der Waals surface area contributed by atoms with Gasteiger partial charge in [0.25, 0.3) is 0 Å². The van der Waals surface area contributed by atoms with E-state index in [1.807, 2.05) is 60.7 Å². The zero-order chi connectivity index (χ0) is 23.7. The summed E-state index contributed by atoms with van der Waals surface area (Å²) in [4.78, 5) is 32.1. The maximum Gasteiger partial charge on any atom is 0.350 e. The van der Waals surface area contributed by atoms with Crippen molar-refractivity contribution in [2.24, 2.45) is 14.1 Å². The van der Waals surface area contributed by atoms with E-state index in [1.165, 1.54) is 12.4 Å². The van der Waals surface area contributed by atoms with Gasteiger partial charge in [0.15, 0.2) is 11.3 Å². The third-order valence-electron chi connectivity index (χ3n) is 5.09. The predicted molar refractivity (Wildman–Crippen MR) is 125 cm³/mol. The van der Waals surface area contributed by atoms with Crippen molar-refractivity contribution in [1.29, 1.82) is 0 Å². The van der Waals surface area contributed by atoms with Crippen LogP contribution in [-0.2, 0) is 14.1 Å². The lowest BCUT2D eigenvalue weighted by Crippen LogP contribution is -2.03. The van der Waals surface area contributed by atoms with Crippen LogP contribution in [0.15, 0.2) is 91.5 Å². The molecule has 0 N–H and O–H groups in total. The standard InChI is InChI=1S/2C12H9N3O2/c2*1-15-10-9(7-13-15)12(16)17-11(14-10)8-5-3-2-4-6-8/h2*2-7H,1H3. The van der Waals surface area contributed by atoms with Crippen LogP contribution in [0.25, 0.3) is 45.0 Å². The van der Waals surface area contributed by atoms with Gasteiger partial charge >= 0.3 is 11.3 Å². The van der Waals surface area contributed by atoms with Gasteiger partial charge in [-0.1, -0.05) is 36.4 Å². The Bertz CT molecular complexity index is 1590. The number of fused-ring (bicyclic) bond motifs is 2. The Labute approximate surface area is 191 Å². The average molecular weight is 454 g/mol. The first kappa shape index (κ1) is 21.0. The Hall–Kier alpha value is -4.86. The smallest absolute Gasteiger partial charge is 0.350 e. The minimum Gasteiger partial charge on any atom is -0.403 e. The molecule has 4 heterocycles. The molecule has 0 bridgehead atoms. The van der Waals surface area contributed by atoms with Gasteiger partial charge in [0.1, 0.15) is 10.8 Å². The Balaban J connectivity index is 0.000000142. The quantitative estimate of drug-likeness (QED) is 0.391. The fourth-order valence-electron chi connectivity index (χ4n) is 3.35. The molecule has 34 heavy (non-hydrogen) atoms. The van der Waals surface area contributed by atoms with E-state index in [4.69, 9.17) is 8.83 Å². The number of aromatic nitrogens is 6. The van der Waals surface area contributed by atoms with Crippen LogP contribution in [-0.4, -0.2) is 29.5 Å². The van der Waals surface area contributed by atoms with Crippen LogP contribution >= 0.6 is 0 Å². The van der Waals surface area contributed by atoms with Crippen molar-refractivity contribution in [1.82, 2.24) is 29.5 Å². The summed E-state index contributed by atoms with van der Waals surface area (Å²) in [5.74, 6) is 0.624. The second-order valence-corrected chi connectivity index (χ2v) is 7.36. The van der Waals surface area contributed by atoms with Crippen LogP contribution in [0.2, 0.25) is 0 Å². The van der Waals surface area contributed by atoms with Crippen LogP contribution in [0.1, 0.15) is 0 Å². The van der Waals surface area contributed by atoms with E-state index in [-0.39, 0.29) is 0 Å². The molecule has 6 aromatic rings. The fourth-order valence-corrected chi connectivity index (χ4v) is 3.35. The number of hydrogen-bond donors (Lipinski definition) is 0. The van der Waals surface area contributed by atoms with Gasteiger partial charge in [-0.2, -0.15) is 20.2 Å². The molecule has 10 nitrogen and oxygen atoms in total. The number of aryl methyl sites for hydroxylation is 2. The average Bonchev–Trinajstić information content (AvgIpc) is 3.44. The molecular weight excluding hydrogens is 436 g/mol. The molecule has 0 fully saturated rings. The third-order valence-corrected chi connectivity index (χ3v) is 5.09. The number of benzene rings is 2. The second-order valence-electron chi connectivity index (χ2n) is 7.36. The Morgan fingerprint density at radius 1 is 0.618 bits per heavy atom. The van der Waals surface area contributed by atoms with Crippen molar-refractivity contribution in [3.63, 3.8) is 0 Å². The summed E-state index contributed by atoms with van der Waals surface area (Å²) in [6.07, 6.45) is 2.92. The van der Waals surface area contributed by atoms with Gasteiger partial charge < -0.3 is 8.83 Å². The van der Waals surface area contributed by atoms with Crippen molar-refractivity contribution in [3.8, 4) is 22.9 Å². The van der Waals surface area contributed by atoms with Gasteiger partial charge in [-0.05, 0) is 24.3 Å². The Morgan fingerprint density at radius 2 is 1.00 bits per heavy atom. The lowest BCUT2D eigenvalue weighted by molar-refractivity contribution is 0.517. The van der Waals surface area contributed by atoms with Gasteiger partial charge in [0, 0.05) is 25.2 Å². The second kappa shape index (κ2) is 8.58. The Kier molecular flexibility index (Phi) is 5.30. The summed E-state index contributed by atoms with van der Waals surface area (Å²) in [7, 11) is 3.48. The zero-order valence-corrected chi connectivity index (χ0v) is 18.2. The SMILES string of the molecule is Cn1ncc2c(=O)oc(-c3ccccc3)nc21.Cn1ncc2c(=O)oc(-c3ccccc3)nc21. The molecule has 10 heteroatoms. The van der Waals surface area contributed by atoms with E-state index >= 15 is 0 Å². The molecule has 4 aromatic heterocycles. The normalized spacial score (nSPS) is 10.9. The summed E-state index contributed by atoms with van der Waals surface area (Å²) in [5, 5.41) is 8.76. The van der Waals surface area contributed by atoms with Crippen molar-refractivity contribution >= 4 is 22.1 Å². The molecule has 0 spiro atoms. The largest absolute Gasteiger partial charge is 0.403 e. The van der Waals surface area contributed by atoms with E-state index < -0.39 is 11.3 Å². The van der Waals surface area contributed by atoms with Crippen LogP contribution in [0, 0.1) is 0 Å². The van der Waals surface area contributed by atoms with Crippen LogP contribution in [0.4, 0.5) is 0 Å². The zero-order valence-electron chi connectivity index (χ0n) is 18.2. The Morgan fingerprint density at radius 3 is 1.38 bits per heavy atom. The highest BCUT2D eigenvalue weighted by Gasteiger charge is 2.12. The molecule has 0 aliphatic carbocycles. The van der Waals surface area contributed by atoms with Crippen molar-refractivity contribution in [2.75, 3.05) is 0 Å². The number of rotatable bonds is 2. The summed E-state index contributed by atoms with van der Waals surface area (Å²) in [6, 6.07) is 18.6. The monoisotopic (exact) mass is 454 g/mol. The maximum atomic E-state index is 11.7. The summed E-state index contributed by atoms with van der Waals surface area (Å²) in [5.41, 5.74) is 1.77. The highest BCUT2D eigenvalue weighted by Crippen LogP contribution is 2.18. The summed E-state index contributed by atoms with van der Waals surface area (Å²) < 4.78 is 13.4. The maximum absolute atomic E-state index is 11.7. The highest BCUT2D eigenvalue weighted by molar-refractivity contribution is 5.75. The molecule has 0 atom stereocenters. The van der Waals surface area contributed by atoms with E-state index in [0.717, 1.165) is 11.1 Å². The first-order valence-electron chi connectivity index (χ1n) is 10.3. The molecule has 0 saturated carbocycles. The highest BCUT2D eigenvalue weighted by atomic mass is 16.4. The van der Waals surface area contributed by atoms with Crippen molar-refractivity contribution in [2.45, 2.75) is 0 Å².